The standard InChI is InChI=1S/C23H22N2O3/c1-15-8-10-16(11-9-15)14-28-20-7-5-4-6-17(20)23-24-18-12-21(26-2)22(27-3)13-19(18)25-23/h4-13H,14H2,1-3H3,(H,24,25). The van der Waals surface area contributed by atoms with Crippen molar-refractivity contribution in [3.63, 3.8) is 0 Å². The van der Waals surface area contributed by atoms with Gasteiger partial charge in [0, 0.05) is 12.1 Å². The molecule has 4 aromatic rings. The first-order valence-electron chi connectivity index (χ1n) is 9.07. The van der Waals surface area contributed by atoms with Gasteiger partial charge in [-0.2, -0.15) is 0 Å². The van der Waals surface area contributed by atoms with E-state index < -0.39 is 0 Å². The molecule has 1 heterocycles. The van der Waals surface area contributed by atoms with Crippen LogP contribution in [0.1, 0.15) is 11.1 Å². The number of para-hydroxylation sites is 1. The lowest BCUT2D eigenvalue weighted by Gasteiger charge is -2.10. The van der Waals surface area contributed by atoms with Gasteiger partial charge in [-0.25, -0.2) is 4.98 Å². The molecular formula is C23H22N2O3. The minimum absolute atomic E-state index is 0.499. The Morgan fingerprint density at radius 2 is 1.57 bits per heavy atom. The highest BCUT2D eigenvalue weighted by Gasteiger charge is 2.14. The van der Waals surface area contributed by atoms with E-state index in [9.17, 15) is 0 Å². The average Bonchev–Trinajstić information content (AvgIpc) is 3.15. The number of ether oxygens (including phenoxy) is 3. The van der Waals surface area contributed by atoms with E-state index in [1.807, 2.05) is 36.4 Å². The van der Waals surface area contributed by atoms with Gasteiger partial charge in [-0.1, -0.05) is 42.0 Å². The number of fused-ring (bicyclic) bond motifs is 1. The van der Waals surface area contributed by atoms with Gasteiger partial charge >= 0.3 is 0 Å². The van der Waals surface area contributed by atoms with Crippen molar-refractivity contribution >= 4 is 11.0 Å². The number of nitrogens with one attached hydrogen (secondary N) is 1. The minimum atomic E-state index is 0.499. The molecule has 0 spiro atoms. The Morgan fingerprint density at radius 1 is 0.857 bits per heavy atom. The number of aryl methyl sites for hydroxylation is 1. The first-order valence-corrected chi connectivity index (χ1v) is 9.07. The molecule has 0 unspecified atom stereocenters. The molecule has 0 aliphatic carbocycles. The number of nitrogens with zero attached hydrogens (tertiary/aromatic N) is 1. The van der Waals surface area contributed by atoms with Crippen LogP contribution in [0.4, 0.5) is 0 Å². The maximum Gasteiger partial charge on any atom is 0.163 e. The fourth-order valence-corrected chi connectivity index (χ4v) is 3.10. The van der Waals surface area contributed by atoms with Gasteiger partial charge in [0.1, 0.15) is 18.2 Å². The number of benzene rings is 3. The van der Waals surface area contributed by atoms with E-state index in [-0.39, 0.29) is 0 Å². The van der Waals surface area contributed by atoms with E-state index in [1.54, 1.807) is 14.2 Å². The van der Waals surface area contributed by atoms with Crippen LogP contribution >= 0.6 is 0 Å². The van der Waals surface area contributed by atoms with E-state index in [0.717, 1.165) is 33.7 Å². The Labute approximate surface area is 163 Å². The Hall–Kier alpha value is -3.47. The molecule has 0 atom stereocenters. The van der Waals surface area contributed by atoms with Gasteiger partial charge in [-0.3, -0.25) is 0 Å². The lowest BCUT2D eigenvalue weighted by molar-refractivity contribution is 0.307. The largest absolute Gasteiger partial charge is 0.493 e. The Bertz CT molecular complexity index is 1060. The van der Waals surface area contributed by atoms with Gasteiger partial charge in [0.05, 0.1) is 30.8 Å². The van der Waals surface area contributed by atoms with Crippen LogP contribution in [0, 0.1) is 6.92 Å². The summed E-state index contributed by atoms with van der Waals surface area (Å²) in [6.07, 6.45) is 0. The van der Waals surface area contributed by atoms with Gasteiger partial charge in [-0.15, -0.1) is 0 Å². The molecule has 0 saturated carbocycles. The predicted molar refractivity (Wildman–Crippen MR) is 110 cm³/mol. The van der Waals surface area contributed by atoms with E-state index in [2.05, 4.69) is 36.2 Å². The summed E-state index contributed by atoms with van der Waals surface area (Å²) in [6, 6.07) is 20.0. The third kappa shape index (κ3) is 3.51. The van der Waals surface area contributed by atoms with Gasteiger partial charge in [0.2, 0.25) is 0 Å². The first kappa shape index (κ1) is 17.9. The summed E-state index contributed by atoms with van der Waals surface area (Å²) >= 11 is 0. The number of hydrogen-bond acceptors (Lipinski definition) is 4. The minimum Gasteiger partial charge on any atom is -0.493 e. The molecule has 4 rings (SSSR count). The van der Waals surface area contributed by atoms with Crippen LogP contribution in [-0.4, -0.2) is 24.2 Å². The zero-order valence-electron chi connectivity index (χ0n) is 16.2. The van der Waals surface area contributed by atoms with Crippen molar-refractivity contribution in [2.45, 2.75) is 13.5 Å². The quantitative estimate of drug-likeness (QED) is 0.508. The summed E-state index contributed by atoms with van der Waals surface area (Å²) in [7, 11) is 3.24. The molecule has 1 N–H and O–H groups in total. The van der Waals surface area contributed by atoms with Crippen LogP contribution in [0.5, 0.6) is 17.2 Å². The normalized spacial score (nSPS) is 10.8. The van der Waals surface area contributed by atoms with Crippen LogP contribution in [0.15, 0.2) is 60.7 Å². The number of H-pyrrole nitrogens is 1. The van der Waals surface area contributed by atoms with Gasteiger partial charge in [0.15, 0.2) is 11.5 Å². The van der Waals surface area contributed by atoms with E-state index in [1.165, 1.54) is 5.56 Å². The van der Waals surface area contributed by atoms with Crippen molar-refractivity contribution in [1.29, 1.82) is 0 Å². The highest BCUT2D eigenvalue weighted by molar-refractivity contribution is 5.84. The second kappa shape index (κ2) is 7.64. The summed E-state index contributed by atoms with van der Waals surface area (Å²) in [5, 5.41) is 0. The Kier molecular flexibility index (Phi) is 4.89. The predicted octanol–water partition coefficient (Wildman–Crippen LogP) is 5.13. The molecule has 0 saturated heterocycles. The topological polar surface area (TPSA) is 56.4 Å². The molecule has 0 aliphatic rings. The Balaban J connectivity index is 1.66. The van der Waals surface area contributed by atoms with Crippen molar-refractivity contribution in [1.82, 2.24) is 9.97 Å². The smallest absolute Gasteiger partial charge is 0.163 e. The van der Waals surface area contributed by atoms with Crippen molar-refractivity contribution in [2.24, 2.45) is 0 Å². The van der Waals surface area contributed by atoms with Crippen LogP contribution in [0.25, 0.3) is 22.4 Å². The van der Waals surface area contributed by atoms with Crippen molar-refractivity contribution in [2.75, 3.05) is 14.2 Å². The molecule has 0 aliphatic heterocycles. The molecule has 3 aromatic carbocycles. The highest BCUT2D eigenvalue weighted by atomic mass is 16.5. The van der Waals surface area contributed by atoms with Crippen molar-refractivity contribution in [3.8, 4) is 28.6 Å². The molecule has 1 aromatic heterocycles. The van der Waals surface area contributed by atoms with E-state index >= 15 is 0 Å². The molecule has 0 radical (unpaired) electrons. The maximum absolute atomic E-state index is 6.09. The number of methoxy groups -OCH3 is 2. The molecule has 28 heavy (non-hydrogen) atoms. The summed E-state index contributed by atoms with van der Waals surface area (Å²) in [4.78, 5) is 8.08. The lowest BCUT2D eigenvalue weighted by atomic mass is 10.1. The third-order valence-electron chi connectivity index (χ3n) is 4.64. The fourth-order valence-electron chi connectivity index (χ4n) is 3.10. The van der Waals surface area contributed by atoms with Crippen molar-refractivity contribution in [3.05, 3.63) is 71.8 Å². The third-order valence-corrected chi connectivity index (χ3v) is 4.64. The van der Waals surface area contributed by atoms with Crippen LogP contribution in [0.3, 0.4) is 0 Å². The van der Waals surface area contributed by atoms with Gasteiger partial charge in [0.25, 0.3) is 0 Å². The fraction of sp³-hybridized carbons (Fsp3) is 0.174. The van der Waals surface area contributed by atoms with E-state index in [4.69, 9.17) is 19.2 Å². The molecule has 0 fully saturated rings. The SMILES string of the molecule is COc1cc2nc(-c3ccccc3OCc3ccc(C)cc3)[nH]c2cc1OC. The molecule has 0 bridgehead atoms. The lowest BCUT2D eigenvalue weighted by Crippen LogP contribution is -1.97. The van der Waals surface area contributed by atoms with Crippen LogP contribution in [0.2, 0.25) is 0 Å². The summed E-state index contributed by atoms with van der Waals surface area (Å²) in [5.41, 5.74) is 4.95. The maximum atomic E-state index is 6.09. The second-order valence-corrected chi connectivity index (χ2v) is 6.58. The summed E-state index contributed by atoms with van der Waals surface area (Å²) in [6.45, 7) is 2.57. The van der Waals surface area contributed by atoms with Gasteiger partial charge < -0.3 is 19.2 Å². The number of aromatic amines is 1. The van der Waals surface area contributed by atoms with Crippen LogP contribution in [-0.2, 0) is 6.61 Å². The van der Waals surface area contributed by atoms with E-state index in [0.29, 0.717) is 18.1 Å². The molecule has 142 valence electrons. The molecule has 5 heteroatoms. The number of rotatable bonds is 6. The van der Waals surface area contributed by atoms with Gasteiger partial charge in [-0.05, 0) is 24.6 Å². The Morgan fingerprint density at radius 3 is 2.32 bits per heavy atom. The highest BCUT2D eigenvalue weighted by Crippen LogP contribution is 2.34. The van der Waals surface area contributed by atoms with Crippen molar-refractivity contribution < 1.29 is 14.2 Å². The number of hydrogen-bond donors (Lipinski definition) is 1. The summed E-state index contributed by atoms with van der Waals surface area (Å²) < 4.78 is 16.9. The number of aromatic nitrogens is 2. The molecule has 5 nitrogen and oxygen atoms in total. The molecule has 0 amide bonds. The summed E-state index contributed by atoms with van der Waals surface area (Å²) in [5.74, 6) is 2.83. The second-order valence-electron chi connectivity index (χ2n) is 6.58. The van der Waals surface area contributed by atoms with Crippen LogP contribution < -0.4 is 14.2 Å². The monoisotopic (exact) mass is 374 g/mol. The first-order chi connectivity index (χ1) is 13.7. The number of imidazole rings is 1. The zero-order valence-corrected chi connectivity index (χ0v) is 16.2. The zero-order chi connectivity index (χ0) is 19.5. The average molecular weight is 374 g/mol. The molecular weight excluding hydrogens is 352 g/mol.